The average Bonchev–Trinajstić information content (AvgIpc) is 3.34. The van der Waals surface area contributed by atoms with Gasteiger partial charge in [-0.1, -0.05) is 6.07 Å². The van der Waals surface area contributed by atoms with Crippen LogP contribution in [0.25, 0.3) is 0 Å². The van der Waals surface area contributed by atoms with Crippen molar-refractivity contribution in [2.45, 2.75) is 80.1 Å². The average molecular weight is 635 g/mol. The number of likely N-dealkylation sites (N-methyl/N-ethyl adjacent to an activating group) is 1. The fraction of sp³-hybridized carbons (Fsp3) is 0.552. The van der Waals surface area contributed by atoms with Gasteiger partial charge in [0.2, 0.25) is 0 Å². The number of carboxylic acids is 2. The van der Waals surface area contributed by atoms with E-state index in [1.807, 2.05) is 18.4 Å². The Kier molecular flexibility index (Phi) is 8.28. The van der Waals surface area contributed by atoms with Crippen LogP contribution in [0.2, 0.25) is 0 Å². The van der Waals surface area contributed by atoms with Crippen LogP contribution in [0.5, 0.6) is 11.5 Å². The van der Waals surface area contributed by atoms with E-state index in [2.05, 4.69) is 4.90 Å². The number of esters is 2. The minimum absolute atomic E-state index is 0.0374. The molecule has 1 spiro atoms. The Morgan fingerprint density at radius 3 is 2.47 bits per heavy atom. The van der Waals surface area contributed by atoms with Crippen LogP contribution in [0.4, 0.5) is 0 Å². The first kappa shape index (κ1) is 32.2. The zero-order valence-corrected chi connectivity index (χ0v) is 24.6. The lowest BCUT2D eigenvalue weighted by molar-refractivity contribution is -0.181. The number of aliphatic carboxylic acids is 2. The minimum atomic E-state index is -2.52. The second kappa shape index (κ2) is 11.6. The van der Waals surface area contributed by atoms with E-state index < -0.39 is 77.7 Å². The highest BCUT2D eigenvalue weighted by Gasteiger charge is 2.72. The number of ether oxygens (including phenoxy) is 4. The molecular formula is C29H34N2O14. The number of nitrogens with zero attached hydrogens (tertiary/aromatic N) is 1. The molecule has 6 N–H and O–H groups in total. The molecule has 8 atom stereocenters. The Hall–Kier alpha value is -4.25. The normalized spacial score (nSPS) is 28.6. The van der Waals surface area contributed by atoms with Crippen molar-refractivity contribution in [2.24, 2.45) is 0 Å². The molecule has 45 heavy (non-hydrogen) atoms. The van der Waals surface area contributed by atoms with E-state index >= 15 is 0 Å². The molecule has 4 aliphatic rings. The van der Waals surface area contributed by atoms with Crippen LogP contribution in [0.3, 0.4) is 0 Å². The summed E-state index contributed by atoms with van der Waals surface area (Å²) in [5, 5.41) is 52.9. The number of aliphatic hydroxyl groups excluding tert-OH is 2. The van der Waals surface area contributed by atoms with Crippen LogP contribution in [-0.2, 0) is 45.3 Å². The second-order valence-electron chi connectivity index (χ2n) is 11.7. The van der Waals surface area contributed by atoms with Gasteiger partial charge in [-0.05, 0) is 51.1 Å². The fourth-order valence-electron chi connectivity index (χ4n) is 6.98. The molecule has 1 aromatic carbocycles. The fourth-order valence-corrected chi connectivity index (χ4v) is 6.98. The molecule has 2 bridgehead atoms. The SMILES string of the molecule is COc1ccc2c3c1O[C@H]1C(OC(=O)[C@H](O)[C@@H](O)C(=O)OC(C)C(=O)NC(CC(=O)O)C(=O)O)=CC[C@@]4(O)[C@@H](C2)N(C)CC[C@]314. The monoisotopic (exact) mass is 634 g/mol. The summed E-state index contributed by atoms with van der Waals surface area (Å²) in [5.41, 5.74) is -0.596. The Bertz CT molecular complexity index is 1480. The van der Waals surface area contributed by atoms with Gasteiger partial charge in [-0.2, -0.15) is 0 Å². The zero-order valence-electron chi connectivity index (χ0n) is 24.6. The lowest BCUT2D eigenvalue weighted by atomic mass is 9.50. The van der Waals surface area contributed by atoms with Crippen LogP contribution in [0.1, 0.15) is 37.3 Å². The van der Waals surface area contributed by atoms with Gasteiger partial charge in [-0.3, -0.25) is 9.59 Å². The van der Waals surface area contributed by atoms with Crippen molar-refractivity contribution in [1.29, 1.82) is 0 Å². The summed E-state index contributed by atoms with van der Waals surface area (Å²) in [5.74, 6) is -6.60. The molecule has 2 unspecified atom stereocenters. The standard InChI is InChI=1S/C29H34N2O14/c1-12(24(36)30-14(25(37)38)11-18(32)33)43-26(39)20(34)21(35)27(40)44-16-6-7-29(41)17-10-13-4-5-15(42-3)22-19(13)28(29,23(16)45-22)8-9-31(17)2/h4-6,12,14,17,20-21,23,34-35,41H,7-11H2,1-3H3,(H,30,36)(H,32,33)(H,37,38)/t12?,14?,17-,20-,21-,23+,28+,29-/m1/s1. The number of carbonyl (C=O) groups is 5. The number of carboxylic acid groups (broad SMARTS) is 2. The molecule has 0 radical (unpaired) electrons. The van der Waals surface area contributed by atoms with Crippen LogP contribution < -0.4 is 14.8 Å². The van der Waals surface area contributed by atoms with Gasteiger partial charge >= 0.3 is 23.9 Å². The smallest absolute Gasteiger partial charge is 0.343 e. The highest BCUT2D eigenvalue weighted by molar-refractivity contribution is 5.91. The lowest BCUT2D eigenvalue weighted by Gasteiger charge is -2.61. The number of piperidine rings is 1. The summed E-state index contributed by atoms with van der Waals surface area (Å²) in [4.78, 5) is 61.9. The van der Waals surface area contributed by atoms with Gasteiger partial charge in [0.25, 0.3) is 5.91 Å². The lowest BCUT2D eigenvalue weighted by Crippen LogP contribution is -2.74. The third kappa shape index (κ3) is 5.07. The zero-order chi connectivity index (χ0) is 33.0. The Morgan fingerprint density at radius 1 is 1.13 bits per heavy atom. The number of methoxy groups -OCH3 is 1. The van der Waals surface area contributed by atoms with E-state index in [0.29, 0.717) is 30.9 Å². The molecule has 0 aromatic heterocycles. The summed E-state index contributed by atoms with van der Waals surface area (Å²) in [6.07, 6.45) is -6.13. The van der Waals surface area contributed by atoms with E-state index in [1.54, 1.807) is 6.07 Å². The number of amides is 1. The van der Waals surface area contributed by atoms with Crippen molar-refractivity contribution in [3.63, 3.8) is 0 Å². The number of hydrogen-bond acceptors (Lipinski definition) is 13. The van der Waals surface area contributed by atoms with Crippen molar-refractivity contribution in [3.05, 3.63) is 35.1 Å². The molecule has 16 heteroatoms. The van der Waals surface area contributed by atoms with Gasteiger partial charge in [0.05, 0.1) is 24.5 Å². The molecule has 5 rings (SSSR count). The van der Waals surface area contributed by atoms with E-state index in [4.69, 9.17) is 29.2 Å². The molecule has 1 aromatic rings. The molecule has 16 nitrogen and oxygen atoms in total. The van der Waals surface area contributed by atoms with Crippen molar-refractivity contribution in [2.75, 3.05) is 20.7 Å². The Morgan fingerprint density at radius 2 is 1.82 bits per heavy atom. The van der Waals surface area contributed by atoms with Gasteiger partial charge in [0, 0.05) is 18.0 Å². The third-order valence-electron chi connectivity index (χ3n) is 9.21. The van der Waals surface area contributed by atoms with Gasteiger partial charge < -0.3 is 54.7 Å². The number of carbonyl (C=O) groups excluding carboxylic acids is 3. The van der Waals surface area contributed by atoms with Crippen molar-refractivity contribution >= 4 is 29.8 Å². The number of nitrogens with one attached hydrogen (secondary N) is 1. The quantitative estimate of drug-likeness (QED) is 0.147. The summed E-state index contributed by atoms with van der Waals surface area (Å²) >= 11 is 0. The van der Waals surface area contributed by atoms with E-state index in [1.165, 1.54) is 13.2 Å². The van der Waals surface area contributed by atoms with Gasteiger partial charge in [0.1, 0.15) is 11.8 Å². The van der Waals surface area contributed by atoms with E-state index in [0.717, 1.165) is 18.1 Å². The molecule has 1 saturated heterocycles. The first-order chi connectivity index (χ1) is 21.2. The van der Waals surface area contributed by atoms with Crippen LogP contribution in [0.15, 0.2) is 24.0 Å². The predicted octanol–water partition coefficient (Wildman–Crippen LogP) is -1.79. The second-order valence-corrected chi connectivity index (χ2v) is 11.7. The van der Waals surface area contributed by atoms with Crippen molar-refractivity contribution < 1.29 is 68.5 Å². The van der Waals surface area contributed by atoms with Crippen LogP contribution in [-0.4, -0.2) is 123 Å². The van der Waals surface area contributed by atoms with Crippen molar-refractivity contribution in [3.8, 4) is 11.5 Å². The van der Waals surface area contributed by atoms with Gasteiger partial charge in [0.15, 0.2) is 35.9 Å². The topological polar surface area (TPSA) is 239 Å². The molecule has 0 saturated carbocycles. The summed E-state index contributed by atoms with van der Waals surface area (Å²) < 4.78 is 22.1. The number of hydrogen-bond donors (Lipinski definition) is 6. The first-order valence-corrected chi connectivity index (χ1v) is 14.2. The van der Waals surface area contributed by atoms with Crippen LogP contribution in [0, 0.1) is 0 Å². The van der Waals surface area contributed by atoms with Gasteiger partial charge in [-0.25, -0.2) is 14.4 Å². The molecule has 2 aliphatic carbocycles. The van der Waals surface area contributed by atoms with Gasteiger partial charge in [-0.15, -0.1) is 0 Å². The molecule has 1 amide bonds. The van der Waals surface area contributed by atoms with Crippen LogP contribution >= 0.6 is 0 Å². The molecule has 1 fully saturated rings. The summed E-state index contributed by atoms with van der Waals surface area (Å²) in [6, 6.07) is 1.58. The number of likely N-dealkylation sites (tertiary alicyclic amines) is 1. The number of aliphatic hydroxyl groups is 3. The van der Waals surface area contributed by atoms with E-state index in [9.17, 15) is 39.3 Å². The highest BCUT2D eigenvalue weighted by atomic mass is 16.6. The predicted molar refractivity (Wildman–Crippen MR) is 147 cm³/mol. The minimum Gasteiger partial charge on any atom is -0.493 e. The maximum Gasteiger partial charge on any atom is 0.343 e. The Labute approximate surface area is 256 Å². The maximum atomic E-state index is 13.0. The molecule has 2 aliphatic heterocycles. The molecular weight excluding hydrogens is 600 g/mol. The first-order valence-electron chi connectivity index (χ1n) is 14.2. The molecule has 244 valence electrons. The summed E-state index contributed by atoms with van der Waals surface area (Å²) in [7, 11) is 3.41. The molecule has 2 heterocycles. The summed E-state index contributed by atoms with van der Waals surface area (Å²) in [6.45, 7) is 1.61. The maximum absolute atomic E-state index is 13.0. The number of rotatable bonds is 11. The largest absolute Gasteiger partial charge is 0.493 e. The van der Waals surface area contributed by atoms with E-state index in [-0.39, 0.29) is 18.2 Å². The van der Waals surface area contributed by atoms with Crippen molar-refractivity contribution in [1.82, 2.24) is 10.2 Å². The Balaban J connectivity index is 1.31. The third-order valence-corrected chi connectivity index (χ3v) is 9.21. The highest BCUT2D eigenvalue weighted by Crippen LogP contribution is 2.65. The number of benzene rings is 1.